The molecule has 0 aliphatic carbocycles. The summed E-state index contributed by atoms with van der Waals surface area (Å²) in [7, 11) is 1.66. The van der Waals surface area contributed by atoms with E-state index in [9.17, 15) is 0 Å². The molecule has 0 aromatic carbocycles. The molecule has 0 saturated heterocycles. The van der Waals surface area contributed by atoms with Crippen molar-refractivity contribution in [2.24, 2.45) is 21.5 Å². The van der Waals surface area contributed by atoms with Crippen LogP contribution in [0.1, 0.15) is 17.8 Å². The van der Waals surface area contributed by atoms with Crippen molar-refractivity contribution in [2.75, 3.05) is 44.8 Å². The van der Waals surface area contributed by atoms with Crippen LogP contribution in [0.2, 0.25) is 0 Å². The van der Waals surface area contributed by atoms with Gasteiger partial charge < -0.3 is 26.8 Å². The monoisotopic (exact) mass is 490 g/mol. The first kappa shape index (κ1) is 26.6. The average Bonchev–Trinajstić information content (AvgIpc) is 2.84. The predicted octanol–water partition coefficient (Wildman–Crippen LogP) is 1.85. The van der Waals surface area contributed by atoms with Gasteiger partial charge in [0.25, 0.3) is 0 Å². The molecule has 9 nitrogen and oxygen atoms in total. The lowest BCUT2D eigenvalue weighted by Crippen LogP contribution is -2.34. The summed E-state index contributed by atoms with van der Waals surface area (Å²) < 4.78 is 5.31. The second kappa shape index (κ2) is 16.9. The third kappa shape index (κ3) is 12.2. The van der Waals surface area contributed by atoms with Gasteiger partial charge in [-0.05, 0) is 30.7 Å². The summed E-state index contributed by atoms with van der Waals surface area (Å²) in [6.45, 7) is 2.72. The molecule has 33 heavy (non-hydrogen) atoms. The van der Waals surface area contributed by atoms with Crippen LogP contribution < -0.4 is 26.8 Å². The van der Waals surface area contributed by atoms with Crippen LogP contribution in [-0.4, -0.2) is 66.7 Å². The molecule has 0 bridgehead atoms. The number of hydrogen-bond acceptors (Lipinski definition) is 7. The Morgan fingerprint density at radius 1 is 0.909 bits per heavy atom. The molecule has 0 radical (unpaired) electrons. The van der Waals surface area contributed by atoms with Crippen LogP contribution in [0.25, 0.3) is 0 Å². The number of nitrogens with two attached hydrogens (primary N) is 2. The van der Waals surface area contributed by atoms with Gasteiger partial charge in [0, 0.05) is 61.6 Å². The predicted molar refractivity (Wildman–Crippen MR) is 141 cm³/mol. The molecule has 2 aromatic heterocycles. The van der Waals surface area contributed by atoms with E-state index in [0.29, 0.717) is 25.0 Å². The molecule has 6 N–H and O–H groups in total. The van der Waals surface area contributed by atoms with Crippen LogP contribution >= 0.6 is 23.5 Å². The maximum atomic E-state index is 5.91. The number of aliphatic imine (C=N–C) groups is 2. The second-order valence-electron chi connectivity index (χ2n) is 6.82. The summed E-state index contributed by atoms with van der Waals surface area (Å²) in [5.41, 5.74) is 13.8. The minimum absolute atomic E-state index is 0.450. The van der Waals surface area contributed by atoms with Crippen molar-refractivity contribution in [1.82, 2.24) is 20.6 Å². The highest BCUT2D eigenvalue weighted by Gasteiger charge is 2.03. The highest BCUT2D eigenvalue weighted by atomic mass is 32.2. The molecule has 2 heterocycles. The van der Waals surface area contributed by atoms with E-state index in [1.165, 1.54) is 0 Å². The number of pyridine rings is 2. The van der Waals surface area contributed by atoms with Gasteiger partial charge in [-0.1, -0.05) is 6.07 Å². The molecule has 0 spiro atoms. The van der Waals surface area contributed by atoms with Crippen LogP contribution in [0.5, 0.6) is 5.75 Å². The number of nitrogens with one attached hydrogen (secondary N) is 2. The Bertz CT molecular complexity index is 851. The highest BCUT2D eigenvalue weighted by Crippen LogP contribution is 2.19. The van der Waals surface area contributed by atoms with Crippen molar-refractivity contribution in [3.8, 4) is 5.75 Å². The molecular weight excluding hydrogens is 456 g/mol. The third-order valence-corrected chi connectivity index (χ3v) is 6.23. The summed E-state index contributed by atoms with van der Waals surface area (Å²) in [6.07, 6.45) is 4.38. The smallest absolute Gasteiger partial charge is 0.188 e. The fourth-order valence-corrected chi connectivity index (χ4v) is 4.20. The molecule has 0 fully saturated rings. The average molecular weight is 491 g/mol. The Morgan fingerprint density at radius 2 is 1.58 bits per heavy atom. The molecule has 11 heteroatoms. The summed E-state index contributed by atoms with van der Waals surface area (Å²) in [4.78, 5) is 17.3. The maximum absolute atomic E-state index is 5.91. The highest BCUT2D eigenvalue weighted by molar-refractivity contribution is 7.98. The zero-order chi connectivity index (χ0) is 23.6. The number of ether oxygens (including phenoxy) is 1. The van der Waals surface area contributed by atoms with Crippen molar-refractivity contribution in [1.29, 1.82) is 0 Å². The lowest BCUT2D eigenvalue weighted by molar-refractivity contribution is 0.409. The van der Waals surface area contributed by atoms with E-state index in [0.717, 1.165) is 59.7 Å². The minimum Gasteiger partial charge on any atom is -0.495 e. The molecule has 180 valence electrons. The molecule has 0 saturated carbocycles. The van der Waals surface area contributed by atoms with E-state index in [2.05, 4.69) is 30.6 Å². The van der Waals surface area contributed by atoms with Crippen LogP contribution in [0.4, 0.5) is 0 Å². The van der Waals surface area contributed by atoms with Gasteiger partial charge in [-0.2, -0.15) is 23.5 Å². The number of hydrogen-bond donors (Lipinski definition) is 4. The van der Waals surface area contributed by atoms with Crippen LogP contribution in [-0.2, 0) is 11.5 Å². The number of guanidine groups is 2. The zero-order valence-electron chi connectivity index (χ0n) is 19.1. The van der Waals surface area contributed by atoms with E-state index in [1.54, 1.807) is 25.1 Å². The van der Waals surface area contributed by atoms with Gasteiger partial charge in [-0.3, -0.25) is 20.0 Å². The van der Waals surface area contributed by atoms with Gasteiger partial charge >= 0.3 is 0 Å². The molecule has 0 aliphatic rings. The first-order valence-electron chi connectivity index (χ1n) is 10.8. The van der Waals surface area contributed by atoms with Gasteiger partial charge in [-0.25, -0.2) is 0 Å². The molecular formula is C22H34N8OS2. The van der Waals surface area contributed by atoms with Crippen molar-refractivity contribution in [3.05, 3.63) is 54.1 Å². The minimum atomic E-state index is 0.450. The second-order valence-corrected chi connectivity index (χ2v) is 9.03. The van der Waals surface area contributed by atoms with Crippen molar-refractivity contribution in [3.63, 3.8) is 0 Å². The van der Waals surface area contributed by atoms with E-state index in [1.807, 2.05) is 48.3 Å². The standard InChI is InChI=1S/C22H34N8OS2/c1-31-20-7-4-9-26-19(20)17-33-15-13-30-22(24)28-11-5-10-27-21(23)29-12-14-32-16-18-6-2-3-8-25-18/h2-4,6-9H,5,10-17H2,1H3,(H3,23,27,29)(H3,24,28,30). The number of aromatic nitrogens is 2. The van der Waals surface area contributed by atoms with Crippen LogP contribution in [0.3, 0.4) is 0 Å². The van der Waals surface area contributed by atoms with Gasteiger partial charge in [0.15, 0.2) is 11.9 Å². The number of nitrogens with zero attached hydrogens (tertiary/aromatic N) is 4. The summed E-state index contributed by atoms with van der Waals surface area (Å²) in [6, 6.07) is 9.74. The summed E-state index contributed by atoms with van der Waals surface area (Å²) in [5.74, 6) is 5.24. The Kier molecular flexibility index (Phi) is 13.6. The molecule has 2 aromatic rings. The number of methoxy groups -OCH3 is 1. The van der Waals surface area contributed by atoms with Crippen molar-refractivity contribution in [2.45, 2.75) is 17.9 Å². The fraction of sp³-hybridized carbons (Fsp3) is 0.455. The lowest BCUT2D eigenvalue weighted by atomic mass is 10.3. The van der Waals surface area contributed by atoms with E-state index in [4.69, 9.17) is 16.2 Å². The SMILES string of the molecule is COc1cccnc1CSCCNC(N)=NCCCN=C(N)NCCSCc1ccccn1. The molecule has 0 amide bonds. The molecule has 0 atom stereocenters. The van der Waals surface area contributed by atoms with E-state index < -0.39 is 0 Å². The quantitative estimate of drug-likeness (QED) is 0.167. The fourth-order valence-electron chi connectivity index (χ4n) is 2.63. The van der Waals surface area contributed by atoms with E-state index in [-0.39, 0.29) is 0 Å². The largest absolute Gasteiger partial charge is 0.495 e. The van der Waals surface area contributed by atoms with E-state index >= 15 is 0 Å². The van der Waals surface area contributed by atoms with Crippen LogP contribution in [0, 0.1) is 0 Å². The lowest BCUT2D eigenvalue weighted by Gasteiger charge is -2.08. The number of thioether (sulfide) groups is 2. The zero-order valence-corrected chi connectivity index (χ0v) is 20.7. The first-order valence-corrected chi connectivity index (χ1v) is 13.1. The molecule has 0 aliphatic heterocycles. The summed E-state index contributed by atoms with van der Waals surface area (Å²) in [5, 5.41) is 6.25. The first-order chi connectivity index (χ1) is 16.2. The Morgan fingerprint density at radius 3 is 2.21 bits per heavy atom. The van der Waals surface area contributed by atoms with Crippen LogP contribution in [0.15, 0.2) is 52.7 Å². The Labute approximate surface area is 204 Å². The third-order valence-electron chi connectivity index (χ3n) is 4.27. The summed E-state index contributed by atoms with van der Waals surface area (Å²) >= 11 is 3.57. The van der Waals surface area contributed by atoms with Gasteiger partial charge in [0.05, 0.1) is 18.5 Å². The van der Waals surface area contributed by atoms with Crippen molar-refractivity contribution >= 4 is 35.4 Å². The normalized spacial score (nSPS) is 11.9. The Hall–Kier alpha value is -2.66. The Balaban J connectivity index is 1.46. The van der Waals surface area contributed by atoms with Gasteiger partial charge in [-0.15, -0.1) is 0 Å². The van der Waals surface area contributed by atoms with Gasteiger partial charge in [0.1, 0.15) is 5.75 Å². The maximum Gasteiger partial charge on any atom is 0.188 e. The molecule has 0 unspecified atom stereocenters. The topological polar surface area (TPSA) is 136 Å². The van der Waals surface area contributed by atoms with Gasteiger partial charge in [0.2, 0.25) is 0 Å². The molecule has 2 rings (SSSR count). The number of rotatable bonds is 15. The van der Waals surface area contributed by atoms with Crippen molar-refractivity contribution < 1.29 is 4.74 Å².